The molecule has 0 radical (unpaired) electrons. The third kappa shape index (κ3) is 4.01. The van der Waals surface area contributed by atoms with Crippen LogP contribution in [0.4, 0.5) is 10.1 Å². The highest BCUT2D eigenvalue weighted by molar-refractivity contribution is 6.04. The van der Waals surface area contributed by atoms with Gasteiger partial charge in [-0.05, 0) is 48.5 Å². The number of anilines is 1. The van der Waals surface area contributed by atoms with Crippen molar-refractivity contribution in [3.8, 4) is 28.9 Å². The van der Waals surface area contributed by atoms with Crippen LogP contribution in [0.1, 0.15) is 15.9 Å². The number of aromatic nitrogens is 2. The number of halogens is 1. The summed E-state index contributed by atoms with van der Waals surface area (Å²) in [4.78, 5) is 16.7. The zero-order chi connectivity index (χ0) is 20.2. The van der Waals surface area contributed by atoms with Crippen molar-refractivity contribution in [2.24, 2.45) is 0 Å². The first-order valence-electron chi connectivity index (χ1n) is 8.64. The average Bonchev–Trinajstić information content (AvgIpc) is 3.24. The Bertz CT molecular complexity index is 1240. The molecule has 0 spiro atoms. The van der Waals surface area contributed by atoms with E-state index in [1.165, 1.54) is 18.2 Å². The maximum atomic E-state index is 13.4. The fourth-order valence-corrected chi connectivity index (χ4v) is 2.75. The predicted molar refractivity (Wildman–Crippen MR) is 104 cm³/mol. The monoisotopic (exact) mass is 384 g/mol. The third-order valence-electron chi connectivity index (χ3n) is 4.13. The summed E-state index contributed by atoms with van der Waals surface area (Å²) in [6, 6.07) is 21.2. The number of nitriles is 1. The van der Waals surface area contributed by atoms with Gasteiger partial charge in [-0.3, -0.25) is 4.79 Å². The molecule has 1 aromatic heterocycles. The Kier molecular flexibility index (Phi) is 4.82. The SMILES string of the molecule is N#Cc1cccc(C(=O)Nc2cccc(-c3noc(-c4cccc(F)c4)n3)c2)c1. The average molecular weight is 384 g/mol. The molecule has 7 heteroatoms. The van der Waals surface area contributed by atoms with E-state index in [0.29, 0.717) is 33.8 Å². The first-order valence-corrected chi connectivity index (χ1v) is 8.64. The van der Waals surface area contributed by atoms with Crippen molar-refractivity contribution in [2.45, 2.75) is 0 Å². The van der Waals surface area contributed by atoms with Crippen LogP contribution in [0, 0.1) is 17.1 Å². The summed E-state index contributed by atoms with van der Waals surface area (Å²) in [6.45, 7) is 0. The number of nitrogens with zero attached hydrogens (tertiary/aromatic N) is 3. The van der Waals surface area contributed by atoms with Crippen LogP contribution in [0.25, 0.3) is 22.8 Å². The Morgan fingerprint density at radius 1 is 1.00 bits per heavy atom. The second kappa shape index (κ2) is 7.74. The topological polar surface area (TPSA) is 91.8 Å². The van der Waals surface area contributed by atoms with Gasteiger partial charge in [0.2, 0.25) is 5.82 Å². The molecule has 140 valence electrons. The van der Waals surface area contributed by atoms with E-state index in [4.69, 9.17) is 9.78 Å². The fraction of sp³-hybridized carbons (Fsp3) is 0. The smallest absolute Gasteiger partial charge is 0.258 e. The van der Waals surface area contributed by atoms with Crippen molar-refractivity contribution in [3.05, 3.63) is 89.7 Å². The van der Waals surface area contributed by atoms with Gasteiger partial charge in [-0.15, -0.1) is 0 Å². The highest BCUT2D eigenvalue weighted by atomic mass is 19.1. The quantitative estimate of drug-likeness (QED) is 0.552. The number of carbonyl (C=O) groups excluding carboxylic acids is 1. The van der Waals surface area contributed by atoms with E-state index in [1.54, 1.807) is 54.6 Å². The van der Waals surface area contributed by atoms with Gasteiger partial charge in [0.1, 0.15) is 5.82 Å². The van der Waals surface area contributed by atoms with Crippen LogP contribution in [0.15, 0.2) is 77.3 Å². The van der Waals surface area contributed by atoms with Crippen LogP contribution in [-0.2, 0) is 0 Å². The number of rotatable bonds is 4. The van der Waals surface area contributed by atoms with Gasteiger partial charge in [-0.25, -0.2) is 4.39 Å². The van der Waals surface area contributed by atoms with Crippen LogP contribution in [-0.4, -0.2) is 16.0 Å². The van der Waals surface area contributed by atoms with Crippen molar-refractivity contribution >= 4 is 11.6 Å². The van der Waals surface area contributed by atoms with Gasteiger partial charge in [0.25, 0.3) is 11.8 Å². The molecule has 0 atom stereocenters. The maximum Gasteiger partial charge on any atom is 0.258 e. The van der Waals surface area contributed by atoms with Gasteiger partial charge in [-0.2, -0.15) is 10.2 Å². The van der Waals surface area contributed by atoms with Crippen LogP contribution in [0.5, 0.6) is 0 Å². The number of nitrogens with one attached hydrogen (secondary N) is 1. The molecule has 0 aliphatic carbocycles. The molecule has 0 unspecified atom stereocenters. The molecule has 29 heavy (non-hydrogen) atoms. The minimum absolute atomic E-state index is 0.197. The summed E-state index contributed by atoms with van der Waals surface area (Å²) in [5.41, 5.74) is 2.42. The first-order chi connectivity index (χ1) is 14.1. The van der Waals surface area contributed by atoms with Crippen LogP contribution in [0.3, 0.4) is 0 Å². The molecule has 1 N–H and O–H groups in total. The van der Waals surface area contributed by atoms with Crippen LogP contribution >= 0.6 is 0 Å². The molecule has 1 amide bonds. The van der Waals surface area contributed by atoms with E-state index in [1.807, 2.05) is 6.07 Å². The van der Waals surface area contributed by atoms with Crippen molar-refractivity contribution < 1.29 is 13.7 Å². The van der Waals surface area contributed by atoms with Crippen molar-refractivity contribution in [1.82, 2.24) is 10.1 Å². The van der Waals surface area contributed by atoms with Gasteiger partial charge in [-0.1, -0.05) is 29.4 Å². The zero-order valence-electron chi connectivity index (χ0n) is 15.0. The second-order valence-electron chi connectivity index (χ2n) is 6.16. The van der Waals surface area contributed by atoms with Gasteiger partial charge < -0.3 is 9.84 Å². The maximum absolute atomic E-state index is 13.4. The molecular formula is C22H13FN4O2. The van der Waals surface area contributed by atoms with Gasteiger partial charge in [0.15, 0.2) is 0 Å². The van der Waals surface area contributed by atoms with Gasteiger partial charge in [0.05, 0.1) is 11.6 Å². The molecule has 0 fully saturated rings. The summed E-state index contributed by atoms with van der Waals surface area (Å²) < 4.78 is 18.6. The van der Waals surface area contributed by atoms with E-state index < -0.39 is 5.82 Å². The van der Waals surface area contributed by atoms with E-state index >= 15 is 0 Å². The number of amides is 1. The molecule has 6 nitrogen and oxygen atoms in total. The lowest BCUT2D eigenvalue weighted by Gasteiger charge is -2.06. The number of carbonyl (C=O) groups is 1. The molecule has 0 saturated carbocycles. The molecule has 4 rings (SSSR count). The van der Waals surface area contributed by atoms with Gasteiger partial charge in [0, 0.05) is 22.4 Å². The Morgan fingerprint density at radius 3 is 2.62 bits per heavy atom. The molecule has 0 bridgehead atoms. The van der Waals surface area contributed by atoms with Crippen molar-refractivity contribution in [2.75, 3.05) is 5.32 Å². The Balaban J connectivity index is 1.56. The molecule has 0 saturated heterocycles. The predicted octanol–water partition coefficient (Wildman–Crippen LogP) is 4.67. The lowest BCUT2D eigenvalue weighted by atomic mass is 10.1. The normalized spacial score (nSPS) is 10.3. The minimum Gasteiger partial charge on any atom is -0.334 e. The summed E-state index contributed by atoms with van der Waals surface area (Å²) in [7, 11) is 0. The van der Waals surface area contributed by atoms with Crippen molar-refractivity contribution in [3.63, 3.8) is 0 Å². The lowest BCUT2D eigenvalue weighted by Crippen LogP contribution is -2.12. The summed E-state index contributed by atoms with van der Waals surface area (Å²) in [5, 5.41) is 15.7. The molecule has 1 heterocycles. The third-order valence-corrected chi connectivity index (χ3v) is 4.13. The Hall–Kier alpha value is -4.31. The van der Waals surface area contributed by atoms with E-state index in [2.05, 4.69) is 15.5 Å². The summed E-state index contributed by atoms with van der Waals surface area (Å²) >= 11 is 0. The minimum atomic E-state index is -0.396. The van der Waals surface area contributed by atoms with E-state index in [9.17, 15) is 9.18 Å². The lowest BCUT2D eigenvalue weighted by molar-refractivity contribution is 0.102. The number of hydrogen-bond donors (Lipinski definition) is 1. The van der Waals surface area contributed by atoms with Gasteiger partial charge >= 0.3 is 0 Å². The summed E-state index contributed by atoms with van der Waals surface area (Å²) in [5.74, 6) is -0.227. The van der Waals surface area contributed by atoms with Crippen molar-refractivity contribution in [1.29, 1.82) is 5.26 Å². The van der Waals surface area contributed by atoms with E-state index in [-0.39, 0.29) is 11.8 Å². The van der Waals surface area contributed by atoms with Crippen LogP contribution in [0.2, 0.25) is 0 Å². The fourth-order valence-electron chi connectivity index (χ4n) is 2.75. The molecule has 4 aromatic rings. The Morgan fingerprint density at radius 2 is 1.79 bits per heavy atom. The molecule has 0 aliphatic heterocycles. The molecule has 0 aliphatic rings. The highest BCUT2D eigenvalue weighted by Crippen LogP contribution is 2.24. The number of hydrogen-bond acceptors (Lipinski definition) is 5. The van der Waals surface area contributed by atoms with Crippen LogP contribution < -0.4 is 5.32 Å². The largest absolute Gasteiger partial charge is 0.334 e. The van der Waals surface area contributed by atoms with E-state index in [0.717, 1.165) is 0 Å². The molecule has 3 aromatic carbocycles. The summed E-state index contributed by atoms with van der Waals surface area (Å²) in [6.07, 6.45) is 0. The second-order valence-corrected chi connectivity index (χ2v) is 6.16. The highest BCUT2D eigenvalue weighted by Gasteiger charge is 2.13. The Labute approximate surface area is 165 Å². The molecular weight excluding hydrogens is 371 g/mol. The zero-order valence-corrected chi connectivity index (χ0v) is 15.0. The number of benzene rings is 3. The standard InChI is InChI=1S/C22H13FN4O2/c23-18-8-2-7-17(11-18)22-26-20(27-29-22)15-5-3-9-19(12-15)25-21(28)16-6-1-4-14(10-16)13-24/h1-12H,(H,25,28). The first kappa shape index (κ1) is 18.1.